The maximum absolute atomic E-state index is 13.1. The van der Waals surface area contributed by atoms with E-state index in [-0.39, 0.29) is 10.6 Å². The number of benzene rings is 1. The van der Waals surface area contributed by atoms with Gasteiger partial charge in [-0.1, -0.05) is 6.07 Å². The van der Waals surface area contributed by atoms with Crippen LogP contribution in [0.4, 0.5) is 5.69 Å². The monoisotopic (exact) mass is 347 g/mol. The quantitative estimate of drug-likeness (QED) is 0.912. The Labute approximate surface area is 139 Å². The van der Waals surface area contributed by atoms with Gasteiger partial charge in [0.25, 0.3) is 10.0 Å². The topological polar surface area (TPSA) is 92.5 Å². The average molecular weight is 347 g/mol. The Bertz CT molecular complexity index is 933. The number of fused-ring (bicyclic) bond motifs is 2. The van der Waals surface area contributed by atoms with Gasteiger partial charge >= 0.3 is 5.97 Å². The van der Waals surface area contributed by atoms with Crippen molar-refractivity contribution in [2.45, 2.75) is 37.3 Å². The van der Waals surface area contributed by atoms with Gasteiger partial charge in [0, 0.05) is 19.5 Å². The van der Waals surface area contributed by atoms with E-state index in [1.807, 2.05) is 0 Å². The average Bonchev–Trinajstić information content (AvgIpc) is 3.18. The number of carbonyl (C=O) groups is 1. The molecule has 1 aromatic carbocycles. The summed E-state index contributed by atoms with van der Waals surface area (Å²) in [5.41, 5.74) is 1.40. The standard InChI is InChI=1S/C16H17N3O4S/c20-16(21)12-5-4-11-6-8-19(13(11)9-12)24(22,23)15-10-17-14-3-1-2-7-18(14)15/h4-5,9-10H,1-3,6-8H2,(H,20,21). The number of imidazole rings is 1. The van der Waals surface area contributed by atoms with Crippen molar-refractivity contribution >= 4 is 21.7 Å². The van der Waals surface area contributed by atoms with Crippen LogP contribution in [0.5, 0.6) is 0 Å². The molecule has 0 saturated carbocycles. The van der Waals surface area contributed by atoms with Crippen LogP contribution in [0.3, 0.4) is 0 Å². The highest BCUT2D eigenvalue weighted by molar-refractivity contribution is 7.92. The molecule has 7 nitrogen and oxygen atoms in total. The molecule has 0 fully saturated rings. The zero-order valence-electron chi connectivity index (χ0n) is 13.0. The molecular weight excluding hydrogens is 330 g/mol. The van der Waals surface area contributed by atoms with Crippen LogP contribution >= 0.6 is 0 Å². The van der Waals surface area contributed by atoms with Crippen molar-refractivity contribution in [1.82, 2.24) is 9.55 Å². The number of aromatic carboxylic acids is 1. The second-order valence-corrected chi connectivity index (χ2v) is 7.91. The first-order valence-corrected chi connectivity index (χ1v) is 9.36. The summed E-state index contributed by atoms with van der Waals surface area (Å²) in [7, 11) is -3.75. The molecule has 1 N–H and O–H groups in total. The van der Waals surface area contributed by atoms with Crippen molar-refractivity contribution in [3.8, 4) is 0 Å². The molecule has 0 atom stereocenters. The second-order valence-electron chi connectivity index (χ2n) is 6.10. The van der Waals surface area contributed by atoms with Gasteiger partial charge in [-0.05, 0) is 37.0 Å². The molecule has 3 heterocycles. The van der Waals surface area contributed by atoms with Gasteiger partial charge in [-0.3, -0.25) is 4.31 Å². The molecule has 2 aromatic rings. The van der Waals surface area contributed by atoms with Crippen LogP contribution < -0.4 is 4.31 Å². The minimum absolute atomic E-state index is 0.0890. The predicted octanol–water partition coefficient (Wildman–Crippen LogP) is 1.67. The predicted molar refractivity (Wildman–Crippen MR) is 86.8 cm³/mol. The number of hydrogen-bond donors (Lipinski definition) is 1. The third kappa shape index (κ3) is 2.21. The number of rotatable bonds is 3. The van der Waals surface area contributed by atoms with Crippen LogP contribution in [0.25, 0.3) is 0 Å². The van der Waals surface area contributed by atoms with Gasteiger partial charge in [0.15, 0.2) is 5.03 Å². The molecule has 0 amide bonds. The third-order valence-electron chi connectivity index (χ3n) is 4.67. The molecule has 4 rings (SSSR count). The van der Waals surface area contributed by atoms with E-state index in [4.69, 9.17) is 5.11 Å². The highest BCUT2D eigenvalue weighted by atomic mass is 32.2. The molecule has 1 aromatic heterocycles. The first kappa shape index (κ1) is 15.2. The van der Waals surface area contributed by atoms with Crippen molar-refractivity contribution < 1.29 is 18.3 Å². The first-order valence-electron chi connectivity index (χ1n) is 7.92. The highest BCUT2D eigenvalue weighted by Gasteiger charge is 2.34. The van der Waals surface area contributed by atoms with Crippen LogP contribution in [0.1, 0.15) is 34.6 Å². The van der Waals surface area contributed by atoms with Gasteiger partial charge in [-0.15, -0.1) is 0 Å². The number of anilines is 1. The number of aromatic nitrogens is 2. The van der Waals surface area contributed by atoms with Crippen molar-refractivity contribution in [1.29, 1.82) is 0 Å². The molecule has 0 unspecified atom stereocenters. The number of carboxylic acids is 1. The second kappa shape index (κ2) is 5.34. The fourth-order valence-electron chi connectivity index (χ4n) is 3.44. The molecule has 0 aliphatic carbocycles. The Balaban J connectivity index is 1.79. The minimum Gasteiger partial charge on any atom is -0.478 e. The Morgan fingerprint density at radius 3 is 2.79 bits per heavy atom. The minimum atomic E-state index is -3.75. The molecule has 0 saturated heterocycles. The fraction of sp³-hybridized carbons (Fsp3) is 0.375. The van der Waals surface area contributed by atoms with Crippen LogP contribution in [-0.2, 0) is 29.4 Å². The van der Waals surface area contributed by atoms with E-state index in [1.54, 1.807) is 10.6 Å². The smallest absolute Gasteiger partial charge is 0.335 e. The van der Waals surface area contributed by atoms with Crippen molar-refractivity contribution in [2.75, 3.05) is 10.8 Å². The summed E-state index contributed by atoms with van der Waals surface area (Å²) in [6.45, 7) is 0.973. The molecule has 0 bridgehead atoms. The van der Waals surface area contributed by atoms with Crippen LogP contribution in [0, 0.1) is 0 Å². The molecule has 126 valence electrons. The van der Waals surface area contributed by atoms with Crippen molar-refractivity contribution in [3.63, 3.8) is 0 Å². The normalized spacial score (nSPS) is 16.8. The molecule has 0 radical (unpaired) electrons. The number of nitrogens with zero attached hydrogens (tertiary/aromatic N) is 3. The summed E-state index contributed by atoms with van der Waals surface area (Å²) >= 11 is 0. The van der Waals surface area contributed by atoms with E-state index in [0.717, 1.165) is 30.7 Å². The maximum atomic E-state index is 13.1. The van der Waals surface area contributed by atoms with E-state index in [1.165, 1.54) is 22.6 Å². The van der Waals surface area contributed by atoms with Crippen molar-refractivity contribution in [2.24, 2.45) is 0 Å². The molecular formula is C16H17N3O4S. The van der Waals surface area contributed by atoms with Gasteiger partial charge in [-0.2, -0.15) is 8.42 Å². The zero-order chi connectivity index (χ0) is 16.9. The third-order valence-corrected chi connectivity index (χ3v) is 6.49. The summed E-state index contributed by atoms with van der Waals surface area (Å²) in [5.74, 6) is -0.262. The molecule has 0 spiro atoms. The Morgan fingerprint density at radius 1 is 1.17 bits per heavy atom. The van der Waals surface area contributed by atoms with Gasteiger partial charge in [-0.25, -0.2) is 9.78 Å². The number of carboxylic acid groups (broad SMARTS) is 1. The van der Waals surface area contributed by atoms with E-state index in [2.05, 4.69) is 4.98 Å². The summed E-state index contributed by atoms with van der Waals surface area (Å²) in [4.78, 5) is 15.5. The van der Waals surface area contributed by atoms with Crippen LogP contribution in [0.2, 0.25) is 0 Å². The van der Waals surface area contributed by atoms with Crippen LogP contribution in [0.15, 0.2) is 29.4 Å². The van der Waals surface area contributed by atoms with Gasteiger partial charge < -0.3 is 9.67 Å². The lowest BCUT2D eigenvalue weighted by atomic mass is 10.1. The highest BCUT2D eigenvalue weighted by Crippen LogP contribution is 2.34. The fourth-order valence-corrected chi connectivity index (χ4v) is 5.09. The Hall–Kier alpha value is -2.35. The first-order chi connectivity index (χ1) is 11.5. The lowest BCUT2D eigenvalue weighted by Gasteiger charge is -2.22. The van der Waals surface area contributed by atoms with Crippen LogP contribution in [-0.4, -0.2) is 35.6 Å². The van der Waals surface area contributed by atoms with Gasteiger partial charge in [0.2, 0.25) is 0 Å². The Kier molecular flexibility index (Phi) is 3.38. The largest absolute Gasteiger partial charge is 0.478 e. The van der Waals surface area contributed by atoms with E-state index in [0.29, 0.717) is 25.2 Å². The van der Waals surface area contributed by atoms with E-state index < -0.39 is 16.0 Å². The molecule has 8 heteroatoms. The van der Waals surface area contributed by atoms with Crippen molar-refractivity contribution in [3.05, 3.63) is 41.3 Å². The summed E-state index contributed by atoms with van der Waals surface area (Å²) in [6.07, 6.45) is 4.75. The number of sulfonamides is 1. The molecule has 2 aliphatic heterocycles. The summed E-state index contributed by atoms with van der Waals surface area (Å²) in [6, 6.07) is 4.65. The van der Waals surface area contributed by atoms with Gasteiger partial charge in [0.05, 0.1) is 17.4 Å². The lowest BCUT2D eigenvalue weighted by molar-refractivity contribution is 0.0697. The summed E-state index contributed by atoms with van der Waals surface area (Å²) in [5, 5.41) is 9.36. The Morgan fingerprint density at radius 2 is 2.00 bits per heavy atom. The number of hydrogen-bond acceptors (Lipinski definition) is 4. The lowest BCUT2D eigenvalue weighted by Crippen LogP contribution is -2.31. The maximum Gasteiger partial charge on any atom is 0.335 e. The zero-order valence-corrected chi connectivity index (χ0v) is 13.8. The molecule has 2 aliphatic rings. The summed E-state index contributed by atoms with van der Waals surface area (Å²) < 4.78 is 29.3. The molecule has 24 heavy (non-hydrogen) atoms. The number of aryl methyl sites for hydroxylation is 1. The van der Waals surface area contributed by atoms with E-state index >= 15 is 0 Å². The SMILES string of the molecule is O=C(O)c1ccc2c(c1)N(S(=O)(=O)c1cnc3n1CCCC3)CC2. The van der Waals surface area contributed by atoms with Gasteiger partial charge in [0.1, 0.15) is 5.82 Å². The van der Waals surface area contributed by atoms with E-state index in [9.17, 15) is 13.2 Å².